The summed E-state index contributed by atoms with van der Waals surface area (Å²) in [6.07, 6.45) is 8.14. The molecular formula is C16H27N3O. The summed E-state index contributed by atoms with van der Waals surface area (Å²) >= 11 is 0. The van der Waals surface area contributed by atoms with Crippen LogP contribution < -0.4 is 10.6 Å². The maximum Gasteiger partial charge on any atom is 0.138 e. The van der Waals surface area contributed by atoms with Crippen LogP contribution in [0.4, 0.5) is 0 Å². The van der Waals surface area contributed by atoms with E-state index in [1.165, 1.54) is 50.6 Å². The summed E-state index contributed by atoms with van der Waals surface area (Å²) in [5, 5.41) is 11.6. The molecule has 4 heteroatoms. The van der Waals surface area contributed by atoms with Crippen LogP contribution in [0.3, 0.4) is 0 Å². The Morgan fingerprint density at radius 3 is 2.80 bits per heavy atom. The van der Waals surface area contributed by atoms with Crippen molar-refractivity contribution in [2.24, 2.45) is 5.92 Å². The van der Waals surface area contributed by atoms with E-state index >= 15 is 0 Å². The summed E-state index contributed by atoms with van der Waals surface area (Å²) in [6, 6.07) is 1.38. The average molecular weight is 277 g/mol. The Hall–Kier alpha value is -0.870. The number of aryl methyl sites for hydroxylation is 2. The lowest BCUT2D eigenvalue weighted by Gasteiger charge is -2.33. The zero-order chi connectivity index (χ0) is 13.9. The maximum atomic E-state index is 5.25. The normalized spacial score (nSPS) is 30.8. The highest BCUT2D eigenvalue weighted by Crippen LogP contribution is 2.32. The van der Waals surface area contributed by atoms with Gasteiger partial charge in [-0.3, -0.25) is 0 Å². The SMILES string of the molecule is Cc1noc(C)c1CNC1CCCC1C1CCCCN1. The van der Waals surface area contributed by atoms with Gasteiger partial charge in [0.05, 0.1) is 5.69 Å². The van der Waals surface area contributed by atoms with Gasteiger partial charge >= 0.3 is 0 Å². The van der Waals surface area contributed by atoms with Gasteiger partial charge in [-0.25, -0.2) is 0 Å². The van der Waals surface area contributed by atoms with E-state index in [1.54, 1.807) is 0 Å². The molecule has 20 heavy (non-hydrogen) atoms. The number of piperidine rings is 1. The number of nitrogens with zero attached hydrogens (tertiary/aromatic N) is 1. The summed E-state index contributed by atoms with van der Waals surface area (Å²) < 4.78 is 5.25. The molecule has 2 fully saturated rings. The zero-order valence-electron chi connectivity index (χ0n) is 12.7. The number of rotatable bonds is 4. The van der Waals surface area contributed by atoms with Crippen LogP contribution in [-0.2, 0) is 6.54 Å². The topological polar surface area (TPSA) is 50.1 Å². The van der Waals surface area contributed by atoms with Crippen molar-refractivity contribution in [2.45, 2.75) is 71.0 Å². The summed E-state index contributed by atoms with van der Waals surface area (Å²) in [7, 11) is 0. The van der Waals surface area contributed by atoms with E-state index in [0.29, 0.717) is 6.04 Å². The highest BCUT2D eigenvalue weighted by Gasteiger charge is 2.34. The Morgan fingerprint density at radius 1 is 1.20 bits per heavy atom. The molecule has 0 radical (unpaired) electrons. The molecule has 0 bridgehead atoms. The molecule has 1 saturated heterocycles. The van der Waals surface area contributed by atoms with Gasteiger partial charge in [-0.05, 0) is 52.0 Å². The van der Waals surface area contributed by atoms with Crippen LogP contribution in [0.1, 0.15) is 55.5 Å². The van der Waals surface area contributed by atoms with Crippen molar-refractivity contribution in [2.75, 3.05) is 6.54 Å². The van der Waals surface area contributed by atoms with Gasteiger partial charge in [0, 0.05) is 24.2 Å². The molecule has 3 rings (SSSR count). The van der Waals surface area contributed by atoms with E-state index in [9.17, 15) is 0 Å². The van der Waals surface area contributed by atoms with Crippen molar-refractivity contribution in [3.05, 3.63) is 17.0 Å². The van der Waals surface area contributed by atoms with Gasteiger partial charge in [-0.2, -0.15) is 0 Å². The Morgan fingerprint density at radius 2 is 2.10 bits per heavy atom. The van der Waals surface area contributed by atoms with Crippen molar-refractivity contribution < 1.29 is 4.52 Å². The molecule has 1 aromatic rings. The van der Waals surface area contributed by atoms with Crippen LogP contribution in [0.25, 0.3) is 0 Å². The smallest absolute Gasteiger partial charge is 0.138 e. The van der Waals surface area contributed by atoms with E-state index < -0.39 is 0 Å². The molecule has 1 saturated carbocycles. The summed E-state index contributed by atoms with van der Waals surface area (Å²) in [6.45, 7) is 6.14. The third-order valence-corrected chi connectivity index (χ3v) is 5.16. The van der Waals surface area contributed by atoms with Gasteiger partial charge in [-0.15, -0.1) is 0 Å². The fourth-order valence-corrected chi connectivity index (χ4v) is 3.96. The summed E-state index contributed by atoms with van der Waals surface area (Å²) in [5.74, 6) is 1.76. The molecule has 0 aromatic carbocycles. The van der Waals surface area contributed by atoms with E-state index in [4.69, 9.17) is 4.52 Å². The molecule has 1 aromatic heterocycles. The summed E-state index contributed by atoms with van der Waals surface area (Å²) in [5.41, 5.74) is 2.27. The fourth-order valence-electron chi connectivity index (χ4n) is 3.96. The van der Waals surface area contributed by atoms with E-state index in [-0.39, 0.29) is 0 Å². The highest BCUT2D eigenvalue weighted by atomic mass is 16.5. The van der Waals surface area contributed by atoms with Crippen LogP contribution in [0.15, 0.2) is 4.52 Å². The summed E-state index contributed by atoms with van der Waals surface area (Å²) in [4.78, 5) is 0. The first-order valence-corrected chi connectivity index (χ1v) is 8.14. The molecule has 2 heterocycles. The molecule has 0 spiro atoms. The second kappa shape index (κ2) is 6.27. The molecule has 112 valence electrons. The highest BCUT2D eigenvalue weighted by molar-refractivity contribution is 5.20. The van der Waals surface area contributed by atoms with Gasteiger partial charge in [0.25, 0.3) is 0 Å². The molecule has 1 aliphatic carbocycles. The molecule has 3 unspecified atom stereocenters. The molecule has 3 atom stereocenters. The molecular weight excluding hydrogens is 250 g/mol. The van der Waals surface area contributed by atoms with Crippen LogP contribution >= 0.6 is 0 Å². The van der Waals surface area contributed by atoms with Crippen molar-refractivity contribution in [3.63, 3.8) is 0 Å². The molecule has 4 nitrogen and oxygen atoms in total. The van der Waals surface area contributed by atoms with Gasteiger partial charge in [0.15, 0.2) is 0 Å². The molecule has 2 aliphatic rings. The molecule has 1 aliphatic heterocycles. The monoisotopic (exact) mass is 277 g/mol. The quantitative estimate of drug-likeness (QED) is 0.888. The van der Waals surface area contributed by atoms with Gasteiger partial charge in [0.2, 0.25) is 0 Å². The minimum Gasteiger partial charge on any atom is -0.361 e. The Bertz CT molecular complexity index is 417. The minimum absolute atomic E-state index is 0.652. The second-order valence-electron chi connectivity index (χ2n) is 6.44. The largest absolute Gasteiger partial charge is 0.361 e. The zero-order valence-corrected chi connectivity index (χ0v) is 12.7. The number of hydrogen-bond donors (Lipinski definition) is 2. The van der Waals surface area contributed by atoms with E-state index in [2.05, 4.69) is 15.8 Å². The van der Waals surface area contributed by atoms with Crippen LogP contribution in [0.2, 0.25) is 0 Å². The number of aromatic nitrogens is 1. The first-order chi connectivity index (χ1) is 9.75. The van der Waals surface area contributed by atoms with Gasteiger partial charge < -0.3 is 15.2 Å². The molecule has 2 N–H and O–H groups in total. The van der Waals surface area contributed by atoms with E-state index in [1.807, 2.05) is 13.8 Å². The van der Waals surface area contributed by atoms with Gasteiger partial charge in [-0.1, -0.05) is 18.0 Å². The third-order valence-electron chi connectivity index (χ3n) is 5.16. The first kappa shape index (κ1) is 14.1. The van der Waals surface area contributed by atoms with Crippen molar-refractivity contribution in [3.8, 4) is 0 Å². The molecule has 0 amide bonds. The number of nitrogens with one attached hydrogen (secondary N) is 2. The average Bonchev–Trinajstić information content (AvgIpc) is 3.06. The first-order valence-electron chi connectivity index (χ1n) is 8.14. The fraction of sp³-hybridized carbons (Fsp3) is 0.812. The lowest BCUT2D eigenvalue weighted by Crippen LogP contribution is -2.46. The van der Waals surface area contributed by atoms with Crippen molar-refractivity contribution in [1.82, 2.24) is 15.8 Å². The minimum atomic E-state index is 0.652. The standard InChI is InChI=1S/C16H27N3O/c1-11-14(12(2)20-19-11)10-18-16-8-5-6-13(16)15-7-3-4-9-17-15/h13,15-18H,3-10H2,1-2H3. The lowest BCUT2D eigenvalue weighted by atomic mass is 9.88. The van der Waals surface area contributed by atoms with Crippen molar-refractivity contribution in [1.29, 1.82) is 0 Å². The van der Waals surface area contributed by atoms with Crippen LogP contribution in [0, 0.1) is 19.8 Å². The Kier molecular flexibility index (Phi) is 4.41. The second-order valence-corrected chi connectivity index (χ2v) is 6.44. The van der Waals surface area contributed by atoms with Crippen molar-refractivity contribution >= 4 is 0 Å². The number of hydrogen-bond acceptors (Lipinski definition) is 4. The van der Waals surface area contributed by atoms with Crippen LogP contribution in [0.5, 0.6) is 0 Å². The predicted molar refractivity (Wildman–Crippen MR) is 79.6 cm³/mol. The van der Waals surface area contributed by atoms with Gasteiger partial charge in [0.1, 0.15) is 5.76 Å². The van der Waals surface area contributed by atoms with Crippen LogP contribution in [-0.4, -0.2) is 23.8 Å². The Balaban J connectivity index is 1.58. The maximum absolute atomic E-state index is 5.25. The Labute approximate surface area is 121 Å². The lowest BCUT2D eigenvalue weighted by molar-refractivity contribution is 0.256. The third kappa shape index (κ3) is 2.91. The van der Waals surface area contributed by atoms with E-state index in [0.717, 1.165) is 30.0 Å². The predicted octanol–water partition coefficient (Wildman–Crippen LogP) is 2.69.